The van der Waals surface area contributed by atoms with E-state index < -0.39 is 12.2 Å². The van der Waals surface area contributed by atoms with Crippen LogP contribution in [-0.4, -0.2) is 28.5 Å². The average molecular weight is 208 g/mol. The third-order valence-corrected chi connectivity index (χ3v) is 2.75. The van der Waals surface area contributed by atoms with Crippen molar-refractivity contribution in [3.05, 3.63) is 35.9 Å². The first kappa shape index (κ1) is 10.6. The minimum Gasteiger partial charge on any atom is -0.393 e. The number of ether oxygens (including phenoxy) is 1. The maximum Gasteiger partial charge on any atom is 0.0864 e. The fourth-order valence-electron chi connectivity index (χ4n) is 1.91. The van der Waals surface area contributed by atoms with Crippen molar-refractivity contribution >= 4 is 0 Å². The van der Waals surface area contributed by atoms with Crippen LogP contribution < -0.4 is 0 Å². The Morgan fingerprint density at radius 3 is 2.47 bits per heavy atom. The Bertz CT molecular complexity index is 299. The number of aliphatic hydroxyl groups is 2. The summed E-state index contributed by atoms with van der Waals surface area (Å²) in [7, 11) is 0. The van der Waals surface area contributed by atoms with Crippen LogP contribution in [0.2, 0.25) is 0 Å². The Balaban J connectivity index is 1.84. The lowest BCUT2D eigenvalue weighted by Gasteiger charge is -2.15. The zero-order valence-corrected chi connectivity index (χ0v) is 8.54. The van der Waals surface area contributed by atoms with E-state index >= 15 is 0 Å². The highest BCUT2D eigenvalue weighted by Gasteiger charge is 2.32. The fraction of sp³-hybridized carbons (Fsp3) is 0.500. The third-order valence-electron chi connectivity index (χ3n) is 2.75. The van der Waals surface area contributed by atoms with E-state index in [1.54, 1.807) is 0 Å². The monoisotopic (exact) mass is 208 g/mol. The quantitative estimate of drug-likeness (QED) is 0.781. The summed E-state index contributed by atoms with van der Waals surface area (Å²) in [5, 5.41) is 18.9. The predicted octanol–water partition coefficient (Wildman–Crippen LogP) is 1.09. The molecule has 0 aliphatic heterocycles. The van der Waals surface area contributed by atoms with Crippen molar-refractivity contribution in [3.63, 3.8) is 0 Å². The molecule has 0 heterocycles. The topological polar surface area (TPSA) is 49.7 Å². The number of aliphatic hydroxyl groups excluding tert-OH is 2. The van der Waals surface area contributed by atoms with Gasteiger partial charge in [0, 0.05) is 12.8 Å². The van der Waals surface area contributed by atoms with E-state index in [2.05, 4.69) is 0 Å². The van der Waals surface area contributed by atoms with Crippen LogP contribution in [0.1, 0.15) is 18.4 Å². The third kappa shape index (κ3) is 2.78. The van der Waals surface area contributed by atoms with E-state index in [9.17, 15) is 10.2 Å². The summed E-state index contributed by atoms with van der Waals surface area (Å²) in [6.45, 7) is 0.495. The second-order valence-electron chi connectivity index (χ2n) is 4.03. The minimum atomic E-state index is -0.524. The van der Waals surface area contributed by atoms with Crippen molar-refractivity contribution in [3.8, 4) is 0 Å². The summed E-state index contributed by atoms with van der Waals surface area (Å²) in [6, 6.07) is 9.84. The molecule has 2 rings (SSSR count). The van der Waals surface area contributed by atoms with Crippen molar-refractivity contribution in [2.75, 3.05) is 0 Å². The van der Waals surface area contributed by atoms with Crippen LogP contribution in [-0.2, 0) is 11.3 Å². The molecule has 1 aliphatic rings. The van der Waals surface area contributed by atoms with Gasteiger partial charge in [0.25, 0.3) is 0 Å². The molecule has 0 bridgehead atoms. The highest BCUT2D eigenvalue weighted by molar-refractivity contribution is 5.13. The van der Waals surface area contributed by atoms with Gasteiger partial charge in [0.1, 0.15) is 0 Å². The first-order valence-corrected chi connectivity index (χ1v) is 5.27. The zero-order chi connectivity index (χ0) is 10.7. The molecule has 1 aliphatic carbocycles. The molecule has 0 saturated heterocycles. The Morgan fingerprint density at radius 2 is 1.87 bits per heavy atom. The van der Waals surface area contributed by atoms with E-state index in [1.807, 2.05) is 30.3 Å². The number of rotatable bonds is 3. The second-order valence-corrected chi connectivity index (χ2v) is 4.03. The van der Waals surface area contributed by atoms with E-state index in [0.29, 0.717) is 19.4 Å². The highest BCUT2D eigenvalue weighted by atomic mass is 16.5. The van der Waals surface area contributed by atoms with Gasteiger partial charge in [-0.2, -0.15) is 0 Å². The van der Waals surface area contributed by atoms with Crippen LogP contribution >= 0.6 is 0 Å². The van der Waals surface area contributed by atoms with Gasteiger partial charge in [-0.05, 0) is 5.56 Å². The number of benzene rings is 1. The molecule has 2 N–H and O–H groups in total. The van der Waals surface area contributed by atoms with Gasteiger partial charge in [-0.15, -0.1) is 0 Å². The molecule has 82 valence electrons. The summed E-state index contributed by atoms with van der Waals surface area (Å²) in [6.07, 6.45) is -0.197. The Morgan fingerprint density at radius 1 is 1.13 bits per heavy atom. The van der Waals surface area contributed by atoms with Crippen LogP contribution in [0.15, 0.2) is 30.3 Å². The molecule has 3 nitrogen and oxygen atoms in total. The molecule has 0 radical (unpaired) electrons. The van der Waals surface area contributed by atoms with Crippen LogP contribution in [0.3, 0.4) is 0 Å². The van der Waals surface area contributed by atoms with Crippen LogP contribution in [0, 0.1) is 0 Å². The summed E-state index contributed by atoms with van der Waals surface area (Å²) in [5.74, 6) is 0. The smallest absolute Gasteiger partial charge is 0.0864 e. The van der Waals surface area contributed by atoms with Gasteiger partial charge in [0.2, 0.25) is 0 Å². The molecule has 3 unspecified atom stereocenters. The lowest BCUT2D eigenvalue weighted by molar-refractivity contribution is -0.0279. The van der Waals surface area contributed by atoms with Gasteiger partial charge >= 0.3 is 0 Å². The standard InChI is InChI=1S/C12H16O3/c13-10-6-11(14)12(7-10)15-8-9-4-2-1-3-5-9/h1-5,10-14H,6-8H2. The van der Waals surface area contributed by atoms with E-state index in [4.69, 9.17) is 4.74 Å². The maximum atomic E-state index is 9.55. The fourth-order valence-corrected chi connectivity index (χ4v) is 1.91. The predicted molar refractivity (Wildman–Crippen MR) is 56.3 cm³/mol. The molecule has 3 heteroatoms. The van der Waals surface area contributed by atoms with Gasteiger partial charge in [-0.3, -0.25) is 0 Å². The maximum absolute atomic E-state index is 9.55. The summed E-state index contributed by atoms with van der Waals surface area (Å²) in [4.78, 5) is 0. The lowest BCUT2D eigenvalue weighted by atomic mass is 10.2. The lowest BCUT2D eigenvalue weighted by Crippen LogP contribution is -2.22. The highest BCUT2D eigenvalue weighted by Crippen LogP contribution is 2.23. The SMILES string of the molecule is OC1CC(O)C(OCc2ccccc2)C1. The summed E-state index contributed by atoms with van der Waals surface area (Å²) >= 11 is 0. The van der Waals surface area contributed by atoms with Crippen LogP contribution in [0.4, 0.5) is 0 Å². The normalized spacial score (nSPS) is 30.7. The molecule has 0 spiro atoms. The number of hydrogen-bond donors (Lipinski definition) is 2. The van der Waals surface area contributed by atoms with E-state index in [1.165, 1.54) is 0 Å². The molecule has 1 saturated carbocycles. The average Bonchev–Trinajstić information content (AvgIpc) is 2.56. The first-order valence-electron chi connectivity index (χ1n) is 5.27. The zero-order valence-electron chi connectivity index (χ0n) is 8.54. The Hall–Kier alpha value is -0.900. The first-order chi connectivity index (χ1) is 7.25. The van der Waals surface area contributed by atoms with Crippen LogP contribution in [0.25, 0.3) is 0 Å². The van der Waals surface area contributed by atoms with Gasteiger partial charge < -0.3 is 14.9 Å². The molecular weight excluding hydrogens is 192 g/mol. The molecule has 1 fully saturated rings. The number of hydrogen-bond acceptors (Lipinski definition) is 3. The Kier molecular flexibility index (Phi) is 3.36. The molecule has 1 aromatic carbocycles. The molecular formula is C12H16O3. The molecule has 1 aromatic rings. The summed E-state index contributed by atoms with van der Waals surface area (Å²) < 4.78 is 5.56. The second kappa shape index (κ2) is 4.75. The van der Waals surface area contributed by atoms with Gasteiger partial charge in [-0.25, -0.2) is 0 Å². The molecule has 0 amide bonds. The van der Waals surface area contributed by atoms with Gasteiger partial charge in [-0.1, -0.05) is 30.3 Å². The van der Waals surface area contributed by atoms with Crippen molar-refractivity contribution < 1.29 is 14.9 Å². The van der Waals surface area contributed by atoms with Crippen molar-refractivity contribution in [2.24, 2.45) is 0 Å². The van der Waals surface area contributed by atoms with Crippen molar-refractivity contribution in [1.82, 2.24) is 0 Å². The van der Waals surface area contributed by atoms with Gasteiger partial charge in [0.15, 0.2) is 0 Å². The van der Waals surface area contributed by atoms with E-state index in [0.717, 1.165) is 5.56 Å². The minimum absolute atomic E-state index is 0.222. The molecule has 3 atom stereocenters. The van der Waals surface area contributed by atoms with Crippen molar-refractivity contribution in [2.45, 2.75) is 37.8 Å². The molecule has 15 heavy (non-hydrogen) atoms. The van der Waals surface area contributed by atoms with E-state index in [-0.39, 0.29) is 6.10 Å². The van der Waals surface area contributed by atoms with Crippen LogP contribution in [0.5, 0.6) is 0 Å². The van der Waals surface area contributed by atoms with Gasteiger partial charge in [0.05, 0.1) is 24.9 Å². The largest absolute Gasteiger partial charge is 0.393 e. The molecule has 0 aromatic heterocycles. The Labute approximate surface area is 89.3 Å². The van der Waals surface area contributed by atoms with Crippen molar-refractivity contribution in [1.29, 1.82) is 0 Å². The summed E-state index contributed by atoms with van der Waals surface area (Å²) in [5.41, 5.74) is 1.09.